The van der Waals surface area contributed by atoms with Gasteiger partial charge in [-0.05, 0) is 49.4 Å². The number of benzene rings is 2. The fourth-order valence-electron chi connectivity index (χ4n) is 3.80. The predicted octanol–water partition coefficient (Wildman–Crippen LogP) is 2.49. The molecule has 0 aromatic heterocycles. The van der Waals surface area contributed by atoms with Crippen molar-refractivity contribution in [1.29, 1.82) is 5.26 Å². The summed E-state index contributed by atoms with van der Waals surface area (Å²) < 4.78 is 62.7. The van der Waals surface area contributed by atoms with Crippen LogP contribution in [0.4, 0.5) is 24.5 Å². The van der Waals surface area contributed by atoms with Crippen LogP contribution in [0.3, 0.4) is 0 Å². The molecule has 1 fully saturated rings. The zero-order chi connectivity index (χ0) is 26.0. The van der Waals surface area contributed by atoms with E-state index in [0.29, 0.717) is 32.2 Å². The van der Waals surface area contributed by atoms with Gasteiger partial charge >= 0.3 is 6.18 Å². The highest BCUT2D eigenvalue weighted by atomic mass is 32.2. The molecule has 1 amide bonds. The first kappa shape index (κ1) is 26.5. The van der Waals surface area contributed by atoms with Gasteiger partial charge in [-0.1, -0.05) is 0 Å². The molecule has 1 aliphatic rings. The minimum Gasteiger partial charge on any atom is -0.379 e. The number of nitrogens with one attached hydrogen (secondary N) is 1. The average molecular weight is 511 g/mol. The van der Waals surface area contributed by atoms with Crippen LogP contribution in [0.2, 0.25) is 0 Å². The van der Waals surface area contributed by atoms with Crippen LogP contribution in [0.5, 0.6) is 0 Å². The summed E-state index contributed by atoms with van der Waals surface area (Å²) in [7, 11) is -3.29. The fraction of sp³-hybridized carbons (Fsp3) is 0.391. The second-order valence-corrected chi connectivity index (χ2v) is 10.6. The number of nitrogens with zero attached hydrogens (tertiary/aromatic N) is 3. The molecule has 0 aliphatic carbocycles. The number of carbonyl (C=O) groups is 1. The van der Waals surface area contributed by atoms with Gasteiger partial charge in [-0.25, -0.2) is 8.42 Å². The van der Waals surface area contributed by atoms with Crippen molar-refractivity contribution in [3.05, 3.63) is 53.6 Å². The highest BCUT2D eigenvalue weighted by Crippen LogP contribution is 2.33. The summed E-state index contributed by atoms with van der Waals surface area (Å²) in [6.07, 6.45) is -3.63. The van der Waals surface area contributed by atoms with E-state index in [4.69, 9.17) is 5.26 Å². The Morgan fingerprint density at radius 3 is 2.23 bits per heavy atom. The van der Waals surface area contributed by atoms with Crippen molar-refractivity contribution in [3.63, 3.8) is 0 Å². The minimum absolute atomic E-state index is 0.0396. The van der Waals surface area contributed by atoms with Crippen LogP contribution in [0, 0.1) is 11.3 Å². The number of anilines is 2. The van der Waals surface area contributed by atoms with Gasteiger partial charge in [0.05, 0.1) is 22.1 Å². The van der Waals surface area contributed by atoms with E-state index in [2.05, 4.69) is 5.32 Å². The molecule has 0 spiro atoms. The number of β-amino-alcohol motifs (C(OH)–C–C–N with tert-alkyl or cyclic N) is 1. The second kappa shape index (κ2) is 9.85. The Bertz CT molecular complexity index is 1230. The number of nitriles is 1. The van der Waals surface area contributed by atoms with Crippen molar-refractivity contribution in [2.24, 2.45) is 0 Å². The van der Waals surface area contributed by atoms with Crippen LogP contribution in [0.25, 0.3) is 0 Å². The van der Waals surface area contributed by atoms with E-state index in [-0.39, 0.29) is 17.1 Å². The molecule has 2 aromatic rings. The number of piperazine rings is 1. The average Bonchev–Trinajstić information content (AvgIpc) is 2.78. The molecule has 1 unspecified atom stereocenters. The van der Waals surface area contributed by atoms with E-state index in [1.165, 1.54) is 19.1 Å². The van der Waals surface area contributed by atoms with E-state index in [9.17, 15) is 31.5 Å². The Balaban J connectivity index is 1.60. The molecule has 1 saturated heterocycles. The van der Waals surface area contributed by atoms with Gasteiger partial charge in [-0.3, -0.25) is 9.69 Å². The van der Waals surface area contributed by atoms with Gasteiger partial charge in [-0.15, -0.1) is 0 Å². The van der Waals surface area contributed by atoms with E-state index in [1.54, 1.807) is 24.3 Å². The van der Waals surface area contributed by atoms with Gasteiger partial charge in [0, 0.05) is 50.4 Å². The van der Waals surface area contributed by atoms with Crippen LogP contribution in [0.1, 0.15) is 18.1 Å². The van der Waals surface area contributed by atoms with Gasteiger partial charge in [0.15, 0.2) is 15.4 Å². The lowest BCUT2D eigenvalue weighted by Crippen LogP contribution is -2.54. The summed E-state index contributed by atoms with van der Waals surface area (Å²) in [5.41, 5.74) is -2.94. The Kier molecular flexibility index (Phi) is 7.45. The lowest BCUT2D eigenvalue weighted by atomic mass is 10.0. The molecule has 2 N–H and O–H groups in total. The van der Waals surface area contributed by atoms with Gasteiger partial charge < -0.3 is 15.3 Å². The molecule has 1 aliphatic heterocycles. The number of hydrogen-bond acceptors (Lipinski definition) is 7. The number of halogens is 3. The molecule has 188 valence electrons. The van der Waals surface area contributed by atoms with Gasteiger partial charge in [0.2, 0.25) is 0 Å². The largest absolute Gasteiger partial charge is 0.417 e. The molecular formula is C23H25F3N4O4S. The number of hydrogen-bond donors (Lipinski definition) is 2. The first-order chi connectivity index (χ1) is 16.2. The van der Waals surface area contributed by atoms with E-state index < -0.39 is 38.6 Å². The smallest absolute Gasteiger partial charge is 0.379 e. The third-order valence-corrected chi connectivity index (χ3v) is 6.85. The fourth-order valence-corrected chi connectivity index (χ4v) is 4.43. The normalized spacial score (nSPS) is 16.9. The Hall–Kier alpha value is -3.14. The van der Waals surface area contributed by atoms with E-state index in [0.717, 1.165) is 18.0 Å². The van der Waals surface area contributed by atoms with Crippen LogP contribution in [-0.4, -0.2) is 68.9 Å². The summed E-state index contributed by atoms with van der Waals surface area (Å²) >= 11 is 0. The Labute approximate surface area is 201 Å². The highest BCUT2D eigenvalue weighted by molar-refractivity contribution is 7.90. The molecule has 3 rings (SSSR count). The SMILES string of the molecule is CC(O)(CN1CCN(c2ccc(S(C)(=O)=O)cc2)CC1)C(=O)Nc1ccc(C#N)c(C(F)(F)F)c1. The third-order valence-electron chi connectivity index (χ3n) is 5.73. The van der Waals surface area contributed by atoms with Crippen LogP contribution < -0.4 is 10.2 Å². The highest BCUT2D eigenvalue weighted by Gasteiger charge is 2.36. The first-order valence-electron chi connectivity index (χ1n) is 10.6. The van der Waals surface area contributed by atoms with Crippen molar-refractivity contribution in [3.8, 4) is 6.07 Å². The topological polar surface area (TPSA) is 114 Å². The van der Waals surface area contributed by atoms with Gasteiger partial charge in [0.1, 0.15) is 0 Å². The molecule has 1 atom stereocenters. The Morgan fingerprint density at radius 1 is 1.11 bits per heavy atom. The van der Waals surface area contributed by atoms with Crippen molar-refractivity contribution in [1.82, 2.24) is 4.90 Å². The summed E-state index contributed by atoms with van der Waals surface area (Å²) in [6, 6.07) is 10.8. The monoisotopic (exact) mass is 510 g/mol. The van der Waals surface area contributed by atoms with E-state index >= 15 is 0 Å². The van der Waals surface area contributed by atoms with Crippen molar-refractivity contribution in [2.45, 2.75) is 23.6 Å². The maximum absolute atomic E-state index is 13.2. The zero-order valence-electron chi connectivity index (χ0n) is 19.1. The molecule has 12 heteroatoms. The molecule has 0 radical (unpaired) electrons. The second-order valence-electron chi connectivity index (χ2n) is 8.63. The standard InChI is InChI=1S/C23H25F3N4O4S/c1-22(32,21(31)28-17-4-3-16(14-27)20(13-17)23(24,25)26)15-29-9-11-30(12-10-29)18-5-7-19(8-6-18)35(2,33)34/h3-8,13,32H,9-12,15H2,1-2H3,(H,28,31). The molecule has 35 heavy (non-hydrogen) atoms. The minimum atomic E-state index is -4.76. The van der Waals surface area contributed by atoms with Crippen LogP contribution in [0.15, 0.2) is 47.4 Å². The maximum atomic E-state index is 13.2. The quantitative estimate of drug-likeness (QED) is 0.614. The Morgan fingerprint density at radius 2 is 1.71 bits per heavy atom. The van der Waals surface area contributed by atoms with E-state index in [1.807, 2.05) is 9.80 Å². The number of amides is 1. The first-order valence-corrected chi connectivity index (χ1v) is 12.5. The van der Waals surface area contributed by atoms with Crippen LogP contribution >= 0.6 is 0 Å². The lowest BCUT2D eigenvalue weighted by molar-refractivity contribution is -0.138. The number of rotatable bonds is 6. The molecular weight excluding hydrogens is 485 g/mol. The molecule has 1 heterocycles. The summed E-state index contributed by atoms with van der Waals surface area (Å²) in [5, 5.41) is 21.9. The molecule has 0 saturated carbocycles. The number of carbonyl (C=O) groups excluding carboxylic acids is 1. The van der Waals surface area contributed by atoms with Gasteiger partial charge in [0.25, 0.3) is 5.91 Å². The number of sulfone groups is 1. The lowest BCUT2D eigenvalue weighted by Gasteiger charge is -2.38. The zero-order valence-corrected chi connectivity index (χ0v) is 19.9. The number of alkyl halides is 3. The summed E-state index contributed by atoms with van der Waals surface area (Å²) in [5.74, 6) is -0.867. The van der Waals surface area contributed by atoms with Crippen molar-refractivity contribution >= 4 is 27.1 Å². The molecule has 8 nitrogen and oxygen atoms in total. The number of aliphatic hydroxyl groups is 1. The summed E-state index contributed by atoms with van der Waals surface area (Å²) in [4.78, 5) is 16.8. The van der Waals surface area contributed by atoms with Gasteiger partial charge in [-0.2, -0.15) is 18.4 Å². The molecule has 0 bridgehead atoms. The van der Waals surface area contributed by atoms with Crippen molar-refractivity contribution in [2.75, 3.05) is 49.2 Å². The summed E-state index contributed by atoms with van der Waals surface area (Å²) in [6.45, 7) is 3.40. The molecule has 2 aromatic carbocycles. The third kappa shape index (κ3) is 6.50. The van der Waals surface area contributed by atoms with Crippen molar-refractivity contribution < 1.29 is 31.5 Å². The van der Waals surface area contributed by atoms with Crippen LogP contribution in [-0.2, 0) is 20.8 Å². The maximum Gasteiger partial charge on any atom is 0.417 e. The predicted molar refractivity (Wildman–Crippen MR) is 124 cm³/mol.